The maximum Gasteiger partial charge on any atom is 0.492 e. The molecule has 1 aromatic heterocycles. The number of benzene rings is 1. The van der Waals surface area contributed by atoms with Crippen molar-refractivity contribution in [2.45, 2.75) is 0 Å². The number of nitrogens with zero attached hydrogens (tertiary/aromatic N) is 1. The van der Waals surface area contributed by atoms with Crippen LogP contribution >= 0.6 is 0 Å². The van der Waals surface area contributed by atoms with Crippen LogP contribution in [0.15, 0.2) is 30.5 Å². The topological polar surface area (TPSA) is 62.6 Å². The van der Waals surface area contributed by atoms with Gasteiger partial charge in [-0.2, -0.15) is 0 Å². The van der Waals surface area contributed by atoms with Crippen LogP contribution in [0.5, 0.6) is 5.75 Å². The number of hydrogen-bond acceptors (Lipinski definition) is 4. The van der Waals surface area contributed by atoms with E-state index in [4.69, 9.17) is 14.8 Å². The number of methoxy groups -OCH3 is 1. The summed E-state index contributed by atoms with van der Waals surface area (Å²) in [6, 6.07) is 7.05. The molecular weight excluding hydrogens is 193 g/mol. The number of aromatic nitrogens is 1. The lowest BCUT2D eigenvalue weighted by Gasteiger charge is -2.08. The van der Waals surface area contributed by atoms with Crippen LogP contribution in [0.4, 0.5) is 0 Å². The Balaban J connectivity index is 2.69. The van der Waals surface area contributed by atoms with Gasteiger partial charge in [0.2, 0.25) is 0 Å². The Morgan fingerprint density at radius 3 is 2.80 bits per heavy atom. The first kappa shape index (κ1) is 9.95. The molecular formula is C10H10BNO3. The van der Waals surface area contributed by atoms with Crippen LogP contribution in [0.2, 0.25) is 0 Å². The zero-order valence-electron chi connectivity index (χ0n) is 8.21. The van der Waals surface area contributed by atoms with Crippen molar-refractivity contribution in [2.24, 2.45) is 0 Å². The largest absolute Gasteiger partial charge is 0.497 e. The van der Waals surface area contributed by atoms with Crippen molar-refractivity contribution in [1.29, 1.82) is 0 Å². The average Bonchev–Trinajstić information content (AvgIpc) is 2.27. The predicted molar refractivity (Wildman–Crippen MR) is 58.1 cm³/mol. The van der Waals surface area contributed by atoms with E-state index < -0.39 is 7.12 Å². The summed E-state index contributed by atoms with van der Waals surface area (Å²) in [6.07, 6.45) is 1.66. The first-order chi connectivity index (χ1) is 7.22. The number of pyridine rings is 1. The van der Waals surface area contributed by atoms with E-state index in [9.17, 15) is 0 Å². The summed E-state index contributed by atoms with van der Waals surface area (Å²) in [5.74, 6) is 0.450. The number of fused-ring (bicyclic) bond motifs is 1. The molecule has 0 aliphatic rings. The molecule has 2 aromatic rings. The third-order valence-electron chi connectivity index (χ3n) is 2.23. The third kappa shape index (κ3) is 1.79. The second kappa shape index (κ2) is 3.88. The predicted octanol–water partition coefficient (Wildman–Crippen LogP) is -0.0768. The molecule has 1 aromatic carbocycles. The van der Waals surface area contributed by atoms with Crippen molar-refractivity contribution < 1.29 is 14.8 Å². The molecule has 5 heteroatoms. The normalized spacial score (nSPS) is 10.3. The molecule has 0 amide bonds. The van der Waals surface area contributed by atoms with Crippen molar-refractivity contribution in [2.75, 3.05) is 7.11 Å². The number of ether oxygens (including phenoxy) is 1. The van der Waals surface area contributed by atoms with Gasteiger partial charge in [-0.1, -0.05) is 6.07 Å². The Labute approximate surface area is 87.3 Å². The molecule has 1 heterocycles. The fourth-order valence-corrected chi connectivity index (χ4v) is 1.49. The highest BCUT2D eigenvalue weighted by atomic mass is 16.5. The standard InChI is InChI=1S/C10H10BNO3/c1-15-10-5-7-3-2-4-12-9(7)6-8(10)11(13)14/h2-6,13-14H,1H3. The van der Waals surface area contributed by atoms with Gasteiger partial charge in [0.15, 0.2) is 0 Å². The van der Waals surface area contributed by atoms with Crippen LogP contribution in [0.25, 0.3) is 10.9 Å². The van der Waals surface area contributed by atoms with Crippen molar-refractivity contribution in [3.8, 4) is 5.75 Å². The summed E-state index contributed by atoms with van der Waals surface area (Å²) in [6.45, 7) is 0. The Kier molecular flexibility index (Phi) is 2.57. The highest BCUT2D eigenvalue weighted by Gasteiger charge is 2.17. The number of hydrogen-bond donors (Lipinski definition) is 2. The molecule has 0 aliphatic heterocycles. The first-order valence-electron chi connectivity index (χ1n) is 4.51. The first-order valence-corrected chi connectivity index (χ1v) is 4.51. The smallest absolute Gasteiger partial charge is 0.492 e. The SMILES string of the molecule is COc1cc2cccnc2cc1B(O)O. The molecule has 0 atom stereocenters. The summed E-state index contributed by atoms with van der Waals surface area (Å²) in [7, 11) is -0.0602. The van der Waals surface area contributed by atoms with Crippen LogP contribution in [0.1, 0.15) is 0 Å². The van der Waals surface area contributed by atoms with Gasteiger partial charge >= 0.3 is 7.12 Å². The average molecular weight is 203 g/mol. The van der Waals surface area contributed by atoms with E-state index in [-0.39, 0.29) is 0 Å². The zero-order valence-corrected chi connectivity index (χ0v) is 8.21. The monoisotopic (exact) mass is 203 g/mol. The van der Waals surface area contributed by atoms with Gasteiger partial charge < -0.3 is 14.8 Å². The zero-order chi connectivity index (χ0) is 10.8. The van der Waals surface area contributed by atoms with E-state index in [1.807, 2.05) is 12.1 Å². The third-order valence-corrected chi connectivity index (χ3v) is 2.23. The maximum atomic E-state index is 9.14. The fourth-order valence-electron chi connectivity index (χ4n) is 1.49. The Morgan fingerprint density at radius 2 is 2.13 bits per heavy atom. The lowest BCUT2D eigenvalue weighted by Crippen LogP contribution is -2.31. The van der Waals surface area contributed by atoms with Gasteiger partial charge in [-0.15, -0.1) is 0 Å². The van der Waals surface area contributed by atoms with Gasteiger partial charge in [0.25, 0.3) is 0 Å². The maximum absolute atomic E-state index is 9.14. The van der Waals surface area contributed by atoms with Crippen LogP contribution in [-0.2, 0) is 0 Å². The molecule has 2 rings (SSSR count). The quantitative estimate of drug-likeness (QED) is 0.670. The summed E-state index contributed by atoms with van der Waals surface area (Å²) in [5.41, 5.74) is 1.03. The van der Waals surface area contributed by atoms with Gasteiger partial charge in [0.1, 0.15) is 5.75 Å². The molecule has 0 unspecified atom stereocenters. The second-order valence-electron chi connectivity index (χ2n) is 3.16. The van der Waals surface area contributed by atoms with Gasteiger partial charge in [-0.05, 0) is 18.2 Å². The molecule has 4 nitrogen and oxygen atoms in total. The Bertz CT molecular complexity index is 487. The van der Waals surface area contributed by atoms with Gasteiger partial charge in [0, 0.05) is 17.0 Å². The number of rotatable bonds is 2. The van der Waals surface area contributed by atoms with E-state index in [2.05, 4.69) is 4.98 Å². The highest BCUT2D eigenvalue weighted by molar-refractivity contribution is 6.60. The minimum atomic E-state index is -1.55. The van der Waals surface area contributed by atoms with Crippen LogP contribution < -0.4 is 10.2 Å². The summed E-state index contributed by atoms with van der Waals surface area (Å²) in [4.78, 5) is 4.12. The molecule has 0 aliphatic carbocycles. The molecule has 0 radical (unpaired) electrons. The molecule has 0 fully saturated rings. The highest BCUT2D eigenvalue weighted by Crippen LogP contribution is 2.16. The lowest BCUT2D eigenvalue weighted by atomic mass is 9.79. The molecule has 15 heavy (non-hydrogen) atoms. The van der Waals surface area contributed by atoms with Crippen LogP contribution in [-0.4, -0.2) is 29.3 Å². The summed E-state index contributed by atoms with van der Waals surface area (Å²) < 4.78 is 5.07. The van der Waals surface area contributed by atoms with Gasteiger partial charge in [-0.25, -0.2) is 0 Å². The minimum absolute atomic E-state index is 0.323. The van der Waals surface area contributed by atoms with Gasteiger partial charge in [0.05, 0.1) is 12.6 Å². The summed E-state index contributed by atoms with van der Waals surface area (Å²) >= 11 is 0. The van der Waals surface area contributed by atoms with E-state index >= 15 is 0 Å². The van der Waals surface area contributed by atoms with Crippen molar-refractivity contribution >= 4 is 23.5 Å². The lowest BCUT2D eigenvalue weighted by molar-refractivity contribution is 0.403. The molecule has 2 N–H and O–H groups in total. The molecule has 76 valence electrons. The second-order valence-corrected chi connectivity index (χ2v) is 3.16. The minimum Gasteiger partial charge on any atom is -0.497 e. The summed E-state index contributed by atoms with van der Waals surface area (Å²) in [5, 5.41) is 19.2. The van der Waals surface area contributed by atoms with E-state index in [1.54, 1.807) is 18.3 Å². The van der Waals surface area contributed by atoms with E-state index in [0.29, 0.717) is 16.7 Å². The van der Waals surface area contributed by atoms with E-state index in [1.165, 1.54) is 7.11 Å². The molecule has 0 saturated heterocycles. The fraction of sp³-hybridized carbons (Fsp3) is 0.100. The Hall–Kier alpha value is -1.59. The van der Waals surface area contributed by atoms with Crippen molar-refractivity contribution in [3.05, 3.63) is 30.5 Å². The molecule has 0 saturated carbocycles. The van der Waals surface area contributed by atoms with Crippen LogP contribution in [0, 0.1) is 0 Å². The molecule has 0 spiro atoms. The Morgan fingerprint density at radius 1 is 1.33 bits per heavy atom. The van der Waals surface area contributed by atoms with Crippen LogP contribution in [0.3, 0.4) is 0 Å². The van der Waals surface area contributed by atoms with Gasteiger partial charge in [-0.3, -0.25) is 4.98 Å². The van der Waals surface area contributed by atoms with Crippen molar-refractivity contribution in [1.82, 2.24) is 4.98 Å². The van der Waals surface area contributed by atoms with Crippen molar-refractivity contribution in [3.63, 3.8) is 0 Å². The van der Waals surface area contributed by atoms with E-state index in [0.717, 1.165) is 5.39 Å². The molecule has 0 bridgehead atoms.